The van der Waals surface area contributed by atoms with Crippen molar-refractivity contribution in [3.63, 3.8) is 0 Å². The Hall–Kier alpha value is -1.43. The number of likely N-dealkylation sites (tertiary alicyclic amines) is 1. The van der Waals surface area contributed by atoms with Gasteiger partial charge in [0.25, 0.3) is 0 Å². The van der Waals surface area contributed by atoms with Crippen LogP contribution in [0.3, 0.4) is 0 Å². The molecule has 0 aromatic rings. The normalized spacial score (nSPS) is 40.6. The van der Waals surface area contributed by atoms with E-state index in [0.29, 0.717) is 0 Å². The number of fused-ring (bicyclic) bond motifs is 5. The molecule has 2 N–H and O–H groups in total. The molecular weight excluding hydrogens is 212 g/mol. The average Bonchev–Trinajstić information content (AvgIpc) is 2.87. The van der Waals surface area contributed by atoms with E-state index >= 15 is 0 Å². The smallest absolute Gasteiger partial charge is 0.237 e. The second-order valence-corrected chi connectivity index (χ2v) is 4.57. The maximum Gasteiger partial charge on any atom is 0.237 e. The minimum absolute atomic E-state index is 0.135. The van der Waals surface area contributed by atoms with Crippen molar-refractivity contribution in [2.75, 3.05) is 6.54 Å². The van der Waals surface area contributed by atoms with Gasteiger partial charge < -0.3 is 10.5 Å². The number of rotatable bonds is 2. The Kier molecular flexibility index (Phi) is 1.85. The quantitative estimate of drug-likeness (QED) is 0.586. The second-order valence-electron chi connectivity index (χ2n) is 4.57. The van der Waals surface area contributed by atoms with Crippen LogP contribution < -0.4 is 5.73 Å². The fraction of sp³-hybridized carbons (Fsp3) is 0.700. The van der Waals surface area contributed by atoms with Crippen LogP contribution >= 0.6 is 0 Å². The van der Waals surface area contributed by atoms with Crippen LogP contribution in [-0.4, -0.2) is 41.4 Å². The molecule has 16 heavy (non-hydrogen) atoms. The Bertz CT molecular complexity index is 366. The first kappa shape index (κ1) is 9.77. The molecule has 3 aliphatic rings. The highest BCUT2D eigenvalue weighted by Gasteiger charge is 2.62. The van der Waals surface area contributed by atoms with Gasteiger partial charge in [-0.2, -0.15) is 0 Å². The van der Waals surface area contributed by atoms with Crippen LogP contribution in [0.25, 0.3) is 0 Å². The lowest BCUT2D eigenvalue weighted by Gasteiger charge is -2.15. The van der Waals surface area contributed by atoms with Crippen LogP contribution in [0.2, 0.25) is 0 Å². The Balaban J connectivity index is 1.89. The van der Waals surface area contributed by atoms with E-state index in [2.05, 4.69) is 0 Å². The Labute approximate surface area is 91.7 Å². The molecule has 2 bridgehead atoms. The lowest BCUT2D eigenvalue weighted by molar-refractivity contribution is -0.145. The largest absolute Gasteiger partial charge is 0.373 e. The summed E-state index contributed by atoms with van der Waals surface area (Å²) in [6.45, 7) is -0.301. The van der Waals surface area contributed by atoms with Gasteiger partial charge in [-0.15, -0.1) is 0 Å². The molecule has 0 radical (unpaired) electrons. The third-order valence-corrected chi connectivity index (χ3v) is 3.69. The number of carbonyl (C=O) groups excluding carboxylic acids is 3. The molecule has 0 aromatic carbocycles. The number of hydrogen-bond acceptors (Lipinski definition) is 4. The van der Waals surface area contributed by atoms with Gasteiger partial charge in [0.05, 0.1) is 24.0 Å². The number of nitrogens with zero attached hydrogens (tertiary/aromatic N) is 1. The molecule has 3 amide bonds. The van der Waals surface area contributed by atoms with Crippen LogP contribution in [0.15, 0.2) is 0 Å². The first-order valence-electron chi connectivity index (χ1n) is 5.38. The monoisotopic (exact) mass is 224 g/mol. The summed E-state index contributed by atoms with van der Waals surface area (Å²) in [6, 6.07) is 0. The average molecular weight is 224 g/mol. The third-order valence-electron chi connectivity index (χ3n) is 3.69. The maximum atomic E-state index is 11.9. The van der Waals surface area contributed by atoms with Gasteiger partial charge in [-0.1, -0.05) is 0 Å². The molecule has 6 heteroatoms. The van der Waals surface area contributed by atoms with E-state index in [1.165, 1.54) is 0 Å². The summed E-state index contributed by atoms with van der Waals surface area (Å²) in [6.07, 6.45) is 1.39. The van der Waals surface area contributed by atoms with Gasteiger partial charge in [-0.25, -0.2) is 0 Å². The first-order chi connectivity index (χ1) is 7.59. The molecule has 3 rings (SSSR count). The van der Waals surface area contributed by atoms with Crippen molar-refractivity contribution in [2.45, 2.75) is 25.0 Å². The van der Waals surface area contributed by atoms with E-state index < -0.39 is 5.91 Å². The van der Waals surface area contributed by atoms with E-state index in [1.54, 1.807) is 0 Å². The predicted octanol–water partition coefficient (Wildman–Crippen LogP) is -1.37. The van der Waals surface area contributed by atoms with Crippen molar-refractivity contribution in [3.05, 3.63) is 0 Å². The van der Waals surface area contributed by atoms with Crippen LogP contribution in [-0.2, 0) is 19.1 Å². The van der Waals surface area contributed by atoms with E-state index in [0.717, 1.165) is 17.7 Å². The summed E-state index contributed by atoms with van der Waals surface area (Å²) in [5.74, 6) is -1.98. The minimum Gasteiger partial charge on any atom is -0.373 e. The van der Waals surface area contributed by atoms with Gasteiger partial charge in [-0.05, 0) is 12.8 Å². The molecule has 3 heterocycles. The highest BCUT2D eigenvalue weighted by Crippen LogP contribution is 2.48. The lowest BCUT2D eigenvalue weighted by Crippen LogP contribution is -2.40. The van der Waals surface area contributed by atoms with Crippen molar-refractivity contribution in [1.29, 1.82) is 0 Å². The number of ether oxygens (including phenoxy) is 1. The van der Waals surface area contributed by atoms with E-state index in [-0.39, 0.29) is 42.4 Å². The van der Waals surface area contributed by atoms with Crippen molar-refractivity contribution < 1.29 is 19.1 Å². The number of imide groups is 1. The zero-order chi connectivity index (χ0) is 11.4. The van der Waals surface area contributed by atoms with Gasteiger partial charge in [0.2, 0.25) is 17.7 Å². The van der Waals surface area contributed by atoms with Crippen molar-refractivity contribution in [1.82, 2.24) is 4.90 Å². The zero-order valence-corrected chi connectivity index (χ0v) is 8.59. The van der Waals surface area contributed by atoms with Crippen molar-refractivity contribution in [3.8, 4) is 0 Å². The summed E-state index contributed by atoms with van der Waals surface area (Å²) in [5.41, 5.74) is 5.02. The number of nitrogens with two attached hydrogens (primary N) is 1. The van der Waals surface area contributed by atoms with E-state index in [1.807, 2.05) is 0 Å². The van der Waals surface area contributed by atoms with Crippen molar-refractivity contribution in [2.24, 2.45) is 17.6 Å². The van der Waals surface area contributed by atoms with E-state index in [4.69, 9.17) is 10.5 Å². The molecule has 4 atom stereocenters. The summed E-state index contributed by atoms with van der Waals surface area (Å²) >= 11 is 0. The Morgan fingerprint density at radius 3 is 2.19 bits per heavy atom. The predicted molar refractivity (Wildman–Crippen MR) is 50.8 cm³/mol. The lowest BCUT2D eigenvalue weighted by atomic mass is 9.81. The van der Waals surface area contributed by atoms with Crippen LogP contribution in [0.1, 0.15) is 12.8 Å². The Morgan fingerprint density at radius 1 is 1.25 bits per heavy atom. The van der Waals surface area contributed by atoms with Gasteiger partial charge >= 0.3 is 0 Å². The van der Waals surface area contributed by atoms with Gasteiger partial charge in [0.15, 0.2) is 0 Å². The van der Waals surface area contributed by atoms with Gasteiger partial charge in [-0.3, -0.25) is 19.3 Å². The van der Waals surface area contributed by atoms with Gasteiger partial charge in [0, 0.05) is 0 Å². The third kappa shape index (κ3) is 1.07. The summed E-state index contributed by atoms with van der Waals surface area (Å²) in [7, 11) is 0. The van der Waals surface area contributed by atoms with Crippen molar-refractivity contribution >= 4 is 17.7 Å². The molecule has 6 nitrogen and oxygen atoms in total. The van der Waals surface area contributed by atoms with E-state index in [9.17, 15) is 14.4 Å². The molecule has 3 saturated heterocycles. The molecule has 3 fully saturated rings. The molecule has 86 valence electrons. The molecule has 0 unspecified atom stereocenters. The molecule has 0 aromatic heterocycles. The standard InChI is InChI=1S/C10H12N2O4/c11-6(13)3-12-9(14)7-4-1-2-5(16-4)8(7)10(12)15/h4-5,7-8H,1-3H2,(H2,11,13)/t4-,5-,7-,8-/m1/s1. The number of carbonyl (C=O) groups is 3. The molecule has 0 saturated carbocycles. The first-order valence-corrected chi connectivity index (χ1v) is 5.38. The van der Waals surface area contributed by atoms with Gasteiger partial charge in [0.1, 0.15) is 6.54 Å². The molecule has 0 aliphatic carbocycles. The summed E-state index contributed by atoms with van der Waals surface area (Å²) in [5, 5.41) is 0. The zero-order valence-electron chi connectivity index (χ0n) is 8.59. The highest BCUT2D eigenvalue weighted by molar-refractivity contribution is 6.08. The fourth-order valence-electron chi connectivity index (χ4n) is 3.09. The minimum atomic E-state index is -0.657. The molecule has 0 spiro atoms. The van der Waals surface area contributed by atoms with Crippen LogP contribution in [0.5, 0.6) is 0 Å². The Morgan fingerprint density at radius 2 is 1.75 bits per heavy atom. The number of primary amides is 1. The fourth-order valence-corrected chi connectivity index (χ4v) is 3.09. The maximum absolute atomic E-state index is 11.9. The summed E-state index contributed by atoms with van der Waals surface area (Å²) < 4.78 is 5.55. The topological polar surface area (TPSA) is 89.7 Å². The number of hydrogen-bond donors (Lipinski definition) is 1. The number of amides is 3. The molecular formula is C10H12N2O4. The van der Waals surface area contributed by atoms with Crippen LogP contribution in [0.4, 0.5) is 0 Å². The summed E-state index contributed by atoms with van der Waals surface area (Å²) in [4.78, 5) is 35.7. The van der Waals surface area contributed by atoms with Crippen LogP contribution in [0, 0.1) is 11.8 Å². The highest BCUT2D eigenvalue weighted by atomic mass is 16.5. The molecule has 3 aliphatic heterocycles. The second kappa shape index (κ2) is 3.04. The SMILES string of the molecule is NC(=O)CN1C(=O)[C@H]2[C@H](C1=O)[C@H]1CC[C@H]2O1.